The van der Waals surface area contributed by atoms with E-state index in [0.29, 0.717) is 112 Å². The van der Waals surface area contributed by atoms with E-state index in [4.69, 9.17) is 52.4 Å². The maximum Gasteiger partial charge on any atom is 0.222 e. The quantitative estimate of drug-likeness (QED) is 0.0373. The minimum Gasteiger partial charge on any atom is -0.481 e. The SMILES string of the molecule is CCc1nc(NC)cc(Oc2cnc(C)nc2N)c1C(C)C.CNCc1cc(Oc2cnc(C)nc2N)c(C(C)C)cn1.CNc1cc(Oc2cnc(C)nc2N)c(C(C)C)c(OC)n1.Cc1ncc(Oc2cc(CN)ncc2C(C)C)c(N)n1. The summed E-state index contributed by atoms with van der Waals surface area (Å²) in [6, 6.07) is 7.44. The summed E-state index contributed by atoms with van der Waals surface area (Å²) in [5, 5.41) is 9.12. The van der Waals surface area contributed by atoms with E-state index in [2.05, 4.69) is 124 Å². The van der Waals surface area contributed by atoms with E-state index in [1.54, 1.807) is 78.9 Å². The lowest BCUT2D eigenvalue weighted by Gasteiger charge is -2.18. The Bertz CT molecular complexity index is 3370. The van der Waals surface area contributed by atoms with Crippen LogP contribution in [0.3, 0.4) is 0 Å². The molecule has 0 fully saturated rings. The van der Waals surface area contributed by atoms with Crippen LogP contribution in [0.25, 0.3) is 0 Å². The molecule has 0 aliphatic heterocycles. The fourth-order valence-electron chi connectivity index (χ4n) is 8.19. The number of hydrogen-bond acceptors (Lipinski definition) is 25. The molecule has 0 unspecified atom stereocenters. The van der Waals surface area contributed by atoms with E-state index in [0.717, 1.165) is 63.1 Å². The van der Waals surface area contributed by atoms with Gasteiger partial charge in [0.1, 0.15) is 57.9 Å². The monoisotopic (exact) mass is 1160 g/mol. The molecule has 0 amide bonds. The summed E-state index contributed by atoms with van der Waals surface area (Å²) < 4.78 is 29.1. The summed E-state index contributed by atoms with van der Waals surface area (Å²) in [4.78, 5) is 50.7. The Kier molecular flexibility index (Phi) is 24.5. The third-order valence-electron chi connectivity index (χ3n) is 12.5. The summed E-state index contributed by atoms with van der Waals surface area (Å²) >= 11 is 0. The van der Waals surface area contributed by atoms with Gasteiger partial charge in [0.25, 0.3) is 0 Å². The van der Waals surface area contributed by atoms with Crippen molar-refractivity contribution in [2.75, 3.05) is 61.8 Å². The zero-order valence-electron chi connectivity index (χ0n) is 52.0. The van der Waals surface area contributed by atoms with Crippen molar-refractivity contribution in [1.82, 2.24) is 65.1 Å². The van der Waals surface area contributed by atoms with Crippen LogP contribution in [-0.2, 0) is 19.5 Å². The Morgan fingerprint density at radius 2 is 0.800 bits per heavy atom. The van der Waals surface area contributed by atoms with Crippen LogP contribution in [-0.4, -0.2) is 88.1 Å². The van der Waals surface area contributed by atoms with Crippen molar-refractivity contribution in [1.29, 1.82) is 0 Å². The lowest BCUT2D eigenvalue weighted by Crippen LogP contribution is -2.08. The van der Waals surface area contributed by atoms with Crippen LogP contribution in [0.15, 0.2) is 61.4 Å². The van der Waals surface area contributed by atoms with Gasteiger partial charge in [-0.1, -0.05) is 62.3 Å². The number of methoxy groups -OCH3 is 1. The zero-order chi connectivity index (χ0) is 62.7. The van der Waals surface area contributed by atoms with Crippen LogP contribution < -0.4 is 68.3 Å². The standard InChI is InChI=1S/C16H23N5O.C15H21N5O2.C15H21N5O.C14H19N5O/c1-6-11-15(9(2)3)12(7-14(18-5)21-11)22-13-8-19-10(4)20-16(13)17;1-8(2)13-10(6-12(17-4)20-15(13)21-5)22-11-7-18-9(3)19-14(11)16;1-9(2)12-7-19-11(6-17-4)5-13(12)21-14-8-18-10(3)20-15(14)16;1-8(2)11-6-18-10(5-15)4-12(11)20-13-7-17-9(3)19-14(13)16/h7-9H,6H2,1-5H3,(H,18,21)(H2,17,19,20);6-8H,1-5H3,(H,17,20)(H2,16,18,19);5,7-9,17H,6H2,1-4H3,(H2,16,18,20);4,6-8H,5,15H2,1-3H3,(H2,16,17,19). The van der Waals surface area contributed by atoms with Crippen molar-refractivity contribution < 1.29 is 23.7 Å². The summed E-state index contributed by atoms with van der Waals surface area (Å²) in [6.07, 6.45) is 10.8. The van der Waals surface area contributed by atoms with Gasteiger partial charge in [-0.3, -0.25) is 9.97 Å². The number of nitrogen functional groups attached to an aromatic ring is 4. The van der Waals surface area contributed by atoms with Crippen molar-refractivity contribution in [2.45, 2.75) is 133 Å². The number of anilines is 6. The predicted octanol–water partition coefficient (Wildman–Crippen LogP) is 10.5. The molecule has 0 saturated carbocycles. The van der Waals surface area contributed by atoms with Crippen LogP contribution in [0.2, 0.25) is 0 Å². The number of ether oxygens (including phenoxy) is 5. The first-order valence-corrected chi connectivity index (χ1v) is 27.8. The van der Waals surface area contributed by atoms with Crippen LogP contribution in [0.5, 0.6) is 51.9 Å². The van der Waals surface area contributed by atoms with E-state index >= 15 is 0 Å². The number of pyridine rings is 4. The topological polar surface area (TPSA) is 367 Å². The molecule has 0 spiro atoms. The average Bonchev–Trinajstić information content (AvgIpc) is 3.67. The van der Waals surface area contributed by atoms with Gasteiger partial charge in [0.05, 0.1) is 48.8 Å². The van der Waals surface area contributed by atoms with Gasteiger partial charge in [-0.05, 0) is 64.8 Å². The van der Waals surface area contributed by atoms with Gasteiger partial charge in [0.2, 0.25) is 5.88 Å². The van der Waals surface area contributed by atoms with E-state index in [1.807, 2.05) is 52.3 Å². The van der Waals surface area contributed by atoms with Crippen LogP contribution in [0, 0.1) is 27.7 Å². The summed E-state index contributed by atoms with van der Waals surface area (Å²) in [6.45, 7) is 26.9. The van der Waals surface area contributed by atoms with E-state index in [-0.39, 0.29) is 17.8 Å². The van der Waals surface area contributed by atoms with Crippen LogP contribution in [0.4, 0.5) is 34.9 Å². The Labute approximate surface area is 498 Å². The van der Waals surface area contributed by atoms with E-state index in [9.17, 15) is 0 Å². The second-order valence-corrected chi connectivity index (χ2v) is 20.5. The van der Waals surface area contributed by atoms with Gasteiger partial charge in [-0.2, -0.15) is 4.98 Å². The fraction of sp³-hybridized carbons (Fsp3) is 0.400. The van der Waals surface area contributed by atoms with Gasteiger partial charge < -0.3 is 68.3 Å². The molecule has 0 aliphatic carbocycles. The minimum absolute atomic E-state index is 0.163. The highest BCUT2D eigenvalue weighted by Crippen LogP contribution is 2.40. The molecule has 8 rings (SSSR count). The molecule has 454 valence electrons. The number of aryl methyl sites for hydroxylation is 5. The Hall–Kier alpha value is -9.36. The highest BCUT2D eigenvalue weighted by Gasteiger charge is 2.21. The van der Waals surface area contributed by atoms with Crippen molar-refractivity contribution in [3.63, 3.8) is 0 Å². The van der Waals surface area contributed by atoms with Crippen molar-refractivity contribution in [2.24, 2.45) is 5.73 Å². The lowest BCUT2D eigenvalue weighted by atomic mass is 9.98. The zero-order valence-corrected chi connectivity index (χ0v) is 52.0. The molecular weight excluding hydrogens is 1080 g/mol. The van der Waals surface area contributed by atoms with Crippen LogP contribution >= 0.6 is 0 Å². The summed E-state index contributed by atoms with van der Waals surface area (Å²) in [5.74, 6) is 11.2. The van der Waals surface area contributed by atoms with Crippen molar-refractivity contribution in [3.05, 3.63) is 124 Å². The maximum atomic E-state index is 6.01. The van der Waals surface area contributed by atoms with Gasteiger partial charge in [-0.15, -0.1) is 0 Å². The molecule has 8 heterocycles. The van der Waals surface area contributed by atoms with Crippen molar-refractivity contribution in [3.8, 4) is 51.9 Å². The molecule has 25 nitrogen and oxygen atoms in total. The first-order valence-electron chi connectivity index (χ1n) is 27.8. The van der Waals surface area contributed by atoms with Gasteiger partial charge >= 0.3 is 0 Å². The van der Waals surface area contributed by atoms with Gasteiger partial charge in [-0.25, -0.2) is 44.9 Å². The molecule has 25 heteroatoms. The van der Waals surface area contributed by atoms with E-state index in [1.165, 1.54) is 0 Å². The number of nitrogens with zero attached hydrogens (tertiary/aromatic N) is 12. The molecule has 13 N–H and O–H groups in total. The second-order valence-electron chi connectivity index (χ2n) is 20.5. The summed E-state index contributed by atoms with van der Waals surface area (Å²) in [7, 11) is 7.08. The third-order valence-corrected chi connectivity index (χ3v) is 12.5. The molecular formula is C60H84N20O5. The Balaban J connectivity index is 0.000000207. The molecule has 0 saturated heterocycles. The van der Waals surface area contributed by atoms with Gasteiger partial charge in [0, 0.05) is 86.2 Å². The molecule has 85 heavy (non-hydrogen) atoms. The number of nitrogens with two attached hydrogens (primary N) is 5. The van der Waals surface area contributed by atoms with Gasteiger partial charge in [0.15, 0.2) is 46.3 Å². The molecule has 0 aromatic carbocycles. The first-order chi connectivity index (χ1) is 40.4. The Morgan fingerprint density at radius 3 is 1.13 bits per heavy atom. The minimum atomic E-state index is 0.163. The number of nitrogens with one attached hydrogen (secondary N) is 3. The fourth-order valence-corrected chi connectivity index (χ4v) is 8.19. The summed E-state index contributed by atoms with van der Waals surface area (Å²) in [5.41, 5.74) is 35.8. The lowest BCUT2D eigenvalue weighted by molar-refractivity contribution is 0.382. The third kappa shape index (κ3) is 18.6. The number of aromatic nitrogens is 12. The number of rotatable bonds is 19. The smallest absolute Gasteiger partial charge is 0.222 e. The average molecular weight is 1170 g/mol. The van der Waals surface area contributed by atoms with Crippen molar-refractivity contribution >= 4 is 34.9 Å². The molecule has 0 aliphatic rings. The molecule has 0 bridgehead atoms. The van der Waals surface area contributed by atoms with E-state index < -0.39 is 0 Å². The van der Waals surface area contributed by atoms with Crippen LogP contribution in [0.1, 0.15) is 149 Å². The highest BCUT2D eigenvalue weighted by molar-refractivity contribution is 5.57. The highest BCUT2D eigenvalue weighted by atomic mass is 16.5. The largest absolute Gasteiger partial charge is 0.481 e. The first kappa shape index (κ1) is 66.4. The second kappa shape index (κ2) is 31.3. The predicted molar refractivity (Wildman–Crippen MR) is 334 cm³/mol. The molecule has 0 atom stereocenters. The molecule has 8 aromatic rings. The number of hydrogen-bond donors (Lipinski definition) is 8. The maximum absolute atomic E-state index is 6.01. The molecule has 0 radical (unpaired) electrons. The Morgan fingerprint density at radius 1 is 0.435 bits per heavy atom. The normalized spacial score (nSPS) is 10.8. The molecule has 8 aromatic heterocycles.